The van der Waals surface area contributed by atoms with Crippen molar-refractivity contribution in [3.8, 4) is 11.4 Å². The summed E-state index contributed by atoms with van der Waals surface area (Å²) in [4.78, 5) is 12.2. The molecule has 0 spiro atoms. The average molecular weight is 332 g/mol. The fraction of sp³-hybridized carbons (Fsp3) is 0.471. The number of benzene rings is 1. The van der Waals surface area contributed by atoms with Crippen molar-refractivity contribution >= 4 is 17.7 Å². The molecule has 0 aliphatic rings. The van der Waals surface area contributed by atoms with Crippen LogP contribution in [0.3, 0.4) is 0 Å². The molecule has 1 amide bonds. The minimum atomic E-state index is -0.237. The lowest BCUT2D eigenvalue weighted by Gasteiger charge is -2.22. The maximum absolute atomic E-state index is 12.2. The minimum Gasteiger partial charge on any atom is -0.351 e. The summed E-state index contributed by atoms with van der Waals surface area (Å²) >= 11 is 1.41. The van der Waals surface area contributed by atoms with Crippen LogP contribution in [0.2, 0.25) is 0 Å². The molecule has 0 saturated heterocycles. The van der Waals surface area contributed by atoms with Crippen molar-refractivity contribution in [1.82, 2.24) is 20.1 Å². The Kier molecular flexibility index (Phi) is 5.14. The number of aryl methyl sites for hydroxylation is 1. The van der Waals surface area contributed by atoms with E-state index in [1.54, 1.807) is 0 Å². The van der Waals surface area contributed by atoms with Gasteiger partial charge < -0.3 is 9.88 Å². The van der Waals surface area contributed by atoms with Gasteiger partial charge in [-0.25, -0.2) is 0 Å². The highest BCUT2D eigenvalue weighted by Crippen LogP contribution is 2.26. The van der Waals surface area contributed by atoms with Crippen LogP contribution in [0.5, 0.6) is 0 Å². The molecule has 1 N–H and O–H groups in total. The first-order chi connectivity index (χ1) is 10.7. The van der Waals surface area contributed by atoms with Gasteiger partial charge in [0.2, 0.25) is 5.91 Å². The number of carbonyl (C=O) groups excluding carboxylic acids is 1. The molecule has 0 aliphatic heterocycles. The molecule has 2 rings (SSSR count). The molecule has 0 bridgehead atoms. The minimum absolute atomic E-state index is 0.00221. The van der Waals surface area contributed by atoms with E-state index in [0.717, 1.165) is 16.5 Å². The first-order valence-corrected chi connectivity index (χ1v) is 8.50. The van der Waals surface area contributed by atoms with E-state index >= 15 is 0 Å². The third-order valence-electron chi connectivity index (χ3n) is 3.29. The highest BCUT2D eigenvalue weighted by atomic mass is 32.2. The molecule has 6 heteroatoms. The number of rotatable bonds is 4. The van der Waals surface area contributed by atoms with Crippen molar-refractivity contribution in [1.29, 1.82) is 0 Å². The number of thioether (sulfide) groups is 1. The van der Waals surface area contributed by atoms with Gasteiger partial charge in [-0.1, -0.05) is 41.6 Å². The summed E-state index contributed by atoms with van der Waals surface area (Å²) in [6.45, 7) is 9.85. The van der Waals surface area contributed by atoms with Crippen molar-refractivity contribution in [3.63, 3.8) is 0 Å². The summed E-state index contributed by atoms with van der Waals surface area (Å²) in [6, 6.07) is 8.17. The largest absolute Gasteiger partial charge is 0.351 e. The van der Waals surface area contributed by atoms with E-state index in [1.807, 2.05) is 51.4 Å². The SMILES string of the molecule is Cc1ccc(-c2nnc(SC(C)C(=O)NC(C)(C)C)n2C)cc1. The maximum atomic E-state index is 12.2. The van der Waals surface area contributed by atoms with Crippen LogP contribution in [0.15, 0.2) is 29.4 Å². The lowest BCUT2D eigenvalue weighted by atomic mass is 10.1. The molecule has 1 aromatic carbocycles. The summed E-state index contributed by atoms with van der Waals surface area (Å²) in [5.41, 5.74) is 1.99. The summed E-state index contributed by atoms with van der Waals surface area (Å²) in [5.74, 6) is 0.804. The van der Waals surface area contributed by atoms with Gasteiger partial charge in [0.15, 0.2) is 11.0 Å². The average Bonchev–Trinajstić information content (AvgIpc) is 2.79. The lowest BCUT2D eigenvalue weighted by Crippen LogP contribution is -2.44. The van der Waals surface area contributed by atoms with Crippen molar-refractivity contribution in [2.75, 3.05) is 0 Å². The van der Waals surface area contributed by atoms with Gasteiger partial charge in [0.05, 0.1) is 5.25 Å². The molecule has 1 aromatic heterocycles. The van der Waals surface area contributed by atoms with Crippen LogP contribution >= 0.6 is 11.8 Å². The number of hydrogen-bond acceptors (Lipinski definition) is 4. The zero-order valence-corrected chi connectivity index (χ0v) is 15.4. The van der Waals surface area contributed by atoms with Gasteiger partial charge in [0.25, 0.3) is 0 Å². The molecular weight excluding hydrogens is 308 g/mol. The van der Waals surface area contributed by atoms with Crippen molar-refractivity contribution < 1.29 is 4.79 Å². The van der Waals surface area contributed by atoms with Crippen LogP contribution in [-0.2, 0) is 11.8 Å². The first kappa shape index (κ1) is 17.5. The zero-order chi connectivity index (χ0) is 17.2. The fourth-order valence-corrected chi connectivity index (χ4v) is 2.87. The number of hydrogen-bond donors (Lipinski definition) is 1. The van der Waals surface area contributed by atoms with Gasteiger partial charge in [-0.2, -0.15) is 0 Å². The number of amides is 1. The third-order valence-corrected chi connectivity index (χ3v) is 4.43. The van der Waals surface area contributed by atoms with Gasteiger partial charge in [-0.3, -0.25) is 4.79 Å². The molecule has 0 aliphatic carbocycles. The summed E-state index contributed by atoms with van der Waals surface area (Å²) in [6.07, 6.45) is 0. The molecule has 23 heavy (non-hydrogen) atoms. The van der Waals surface area contributed by atoms with Crippen LogP contribution in [0.1, 0.15) is 33.3 Å². The van der Waals surface area contributed by atoms with Crippen molar-refractivity contribution in [2.45, 2.75) is 50.6 Å². The van der Waals surface area contributed by atoms with E-state index in [1.165, 1.54) is 17.3 Å². The van der Waals surface area contributed by atoms with Crippen molar-refractivity contribution in [2.24, 2.45) is 7.05 Å². The quantitative estimate of drug-likeness (QED) is 0.874. The molecule has 0 fully saturated rings. The van der Waals surface area contributed by atoms with E-state index in [2.05, 4.69) is 34.6 Å². The second-order valence-electron chi connectivity index (χ2n) is 6.73. The van der Waals surface area contributed by atoms with E-state index < -0.39 is 0 Å². The van der Waals surface area contributed by atoms with Crippen LogP contribution in [-0.4, -0.2) is 31.5 Å². The molecule has 124 valence electrons. The number of nitrogens with one attached hydrogen (secondary N) is 1. The van der Waals surface area contributed by atoms with Crippen molar-refractivity contribution in [3.05, 3.63) is 29.8 Å². The summed E-state index contributed by atoms with van der Waals surface area (Å²) in [5, 5.41) is 12.0. The van der Waals surface area contributed by atoms with Gasteiger partial charge in [0, 0.05) is 18.2 Å². The van der Waals surface area contributed by atoms with Gasteiger partial charge in [0.1, 0.15) is 0 Å². The molecule has 2 aromatic rings. The van der Waals surface area contributed by atoms with E-state index in [-0.39, 0.29) is 16.7 Å². The fourth-order valence-electron chi connectivity index (χ4n) is 2.05. The Morgan fingerprint density at radius 2 is 1.83 bits per heavy atom. The zero-order valence-electron chi connectivity index (χ0n) is 14.5. The Morgan fingerprint density at radius 3 is 2.39 bits per heavy atom. The first-order valence-electron chi connectivity index (χ1n) is 7.62. The predicted molar refractivity (Wildman–Crippen MR) is 94.4 cm³/mol. The topological polar surface area (TPSA) is 59.8 Å². The molecule has 1 atom stereocenters. The van der Waals surface area contributed by atoms with Gasteiger partial charge in [-0.15, -0.1) is 10.2 Å². The lowest BCUT2D eigenvalue weighted by molar-refractivity contribution is -0.121. The van der Waals surface area contributed by atoms with Crippen LogP contribution in [0.4, 0.5) is 0 Å². The van der Waals surface area contributed by atoms with Gasteiger partial charge in [-0.05, 0) is 34.6 Å². The summed E-state index contributed by atoms with van der Waals surface area (Å²) in [7, 11) is 1.92. The molecular formula is C17H24N4OS. The van der Waals surface area contributed by atoms with Crippen LogP contribution in [0.25, 0.3) is 11.4 Å². The second kappa shape index (κ2) is 6.74. The predicted octanol–water partition coefficient (Wildman–Crippen LogP) is 3.19. The standard InChI is InChI=1S/C17H24N4OS/c1-11-7-9-13(10-8-11)14-19-20-16(21(14)6)23-12(2)15(22)18-17(3,4)5/h7-10,12H,1-6H3,(H,18,22). The number of carbonyl (C=O) groups is 1. The Balaban J connectivity index is 2.13. The maximum Gasteiger partial charge on any atom is 0.233 e. The molecule has 1 heterocycles. The van der Waals surface area contributed by atoms with E-state index in [9.17, 15) is 4.79 Å². The van der Waals surface area contributed by atoms with E-state index in [4.69, 9.17) is 0 Å². The molecule has 0 radical (unpaired) electrons. The van der Waals surface area contributed by atoms with Crippen LogP contribution < -0.4 is 5.32 Å². The molecule has 0 saturated carbocycles. The third kappa shape index (κ3) is 4.58. The van der Waals surface area contributed by atoms with Crippen LogP contribution in [0, 0.1) is 6.92 Å². The Morgan fingerprint density at radius 1 is 1.22 bits per heavy atom. The molecule has 5 nitrogen and oxygen atoms in total. The Bertz CT molecular complexity index is 686. The highest BCUT2D eigenvalue weighted by molar-refractivity contribution is 8.00. The van der Waals surface area contributed by atoms with Gasteiger partial charge >= 0.3 is 0 Å². The smallest absolute Gasteiger partial charge is 0.233 e. The second-order valence-corrected chi connectivity index (χ2v) is 8.04. The van der Waals surface area contributed by atoms with E-state index in [0.29, 0.717) is 0 Å². The number of aromatic nitrogens is 3. The number of nitrogens with zero attached hydrogens (tertiary/aromatic N) is 3. The highest BCUT2D eigenvalue weighted by Gasteiger charge is 2.22. The Labute approximate surface area is 141 Å². The monoisotopic (exact) mass is 332 g/mol. The Hall–Kier alpha value is -1.82. The summed E-state index contributed by atoms with van der Waals surface area (Å²) < 4.78 is 1.93. The normalized spacial score (nSPS) is 13.0. The molecule has 1 unspecified atom stereocenters.